The third-order valence-electron chi connectivity index (χ3n) is 1.94. The number of hydrogen-bond donors (Lipinski definition) is 1. The summed E-state index contributed by atoms with van der Waals surface area (Å²) in [4.78, 5) is 0.252. The first kappa shape index (κ1) is 11.2. The van der Waals surface area contributed by atoms with Crippen LogP contribution in [-0.4, -0.2) is 31.0 Å². The zero-order valence-corrected chi connectivity index (χ0v) is 9.16. The van der Waals surface area contributed by atoms with E-state index in [1.807, 2.05) is 6.92 Å². The molecule has 0 bridgehead atoms. The molecule has 0 aliphatic heterocycles. The van der Waals surface area contributed by atoms with Gasteiger partial charge in [-0.15, -0.1) is 0 Å². The first-order chi connectivity index (χ1) is 6.43. The third-order valence-corrected chi connectivity index (χ3v) is 3.01. The van der Waals surface area contributed by atoms with E-state index in [1.165, 1.54) is 18.6 Å². The van der Waals surface area contributed by atoms with Crippen molar-refractivity contribution in [3.05, 3.63) is 12.4 Å². The van der Waals surface area contributed by atoms with E-state index < -0.39 is 9.84 Å². The van der Waals surface area contributed by atoms with Gasteiger partial charge < -0.3 is 5.73 Å². The van der Waals surface area contributed by atoms with Gasteiger partial charge in [-0.3, -0.25) is 4.68 Å². The Hall–Kier alpha value is -0.880. The lowest BCUT2D eigenvalue weighted by atomic mass is 10.2. The van der Waals surface area contributed by atoms with Gasteiger partial charge in [0.2, 0.25) is 0 Å². The van der Waals surface area contributed by atoms with Gasteiger partial charge in [-0.25, -0.2) is 8.42 Å². The average molecular weight is 217 g/mol. The highest BCUT2D eigenvalue weighted by molar-refractivity contribution is 7.90. The maximum Gasteiger partial charge on any atom is 0.178 e. The van der Waals surface area contributed by atoms with Crippen LogP contribution >= 0.6 is 0 Å². The minimum absolute atomic E-state index is 0.252. The Balaban J connectivity index is 2.79. The summed E-state index contributed by atoms with van der Waals surface area (Å²) >= 11 is 0. The molecule has 0 amide bonds. The van der Waals surface area contributed by atoms with Crippen molar-refractivity contribution >= 4 is 9.84 Å². The van der Waals surface area contributed by atoms with Crippen molar-refractivity contribution in [2.24, 2.45) is 11.7 Å². The van der Waals surface area contributed by atoms with Gasteiger partial charge in [-0.2, -0.15) is 5.10 Å². The third kappa shape index (κ3) is 2.81. The molecule has 1 aromatic heterocycles. The summed E-state index contributed by atoms with van der Waals surface area (Å²) in [6.45, 7) is 3.20. The van der Waals surface area contributed by atoms with Gasteiger partial charge in [0, 0.05) is 19.0 Å². The molecule has 0 saturated carbocycles. The summed E-state index contributed by atoms with van der Waals surface area (Å²) < 4.78 is 23.9. The molecule has 0 saturated heterocycles. The van der Waals surface area contributed by atoms with Gasteiger partial charge >= 0.3 is 0 Å². The van der Waals surface area contributed by atoms with E-state index in [2.05, 4.69) is 5.10 Å². The molecule has 0 radical (unpaired) electrons. The lowest BCUT2D eigenvalue weighted by molar-refractivity contribution is 0.458. The van der Waals surface area contributed by atoms with Gasteiger partial charge in [0.15, 0.2) is 9.84 Å². The first-order valence-corrected chi connectivity index (χ1v) is 6.25. The molecule has 0 aromatic carbocycles. The molecule has 14 heavy (non-hydrogen) atoms. The summed E-state index contributed by atoms with van der Waals surface area (Å²) in [5.41, 5.74) is 5.45. The van der Waals surface area contributed by atoms with Crippen LogP contribution in [0.5, 0.6) is 0 Å². The van der Waals surface area contributed by atoms with Crippen molar-refractivity contribution in [3.63, 3.8) is 0 Å². The average Bonchev–Trinajstić information content (AvgIpc) is 2.51. The normalized spacial score (nSPS) is 14.2. The van der Waals surface area contributed by atoms with Crippen LogP contribution in [-0.2, 0) is 16.4 Å². The van der Waals surface area contributed by atoms with Gasteiger partial charge in [-0.05, 0) is 12.5 Å². The van der Waals surface area contributed by atoms with Crippen molar-refractivity contribution in [3.8, 4) is 0 Å². The van der Waals surface area contributed by atoms with E-state index >= 15 is 0 Å². The van der Waals surface area contributed by atoms with E-state index in [4.69, 9.17) is 5.73 Å². The van der Waals surface area contributed by atoms with E-state index in [9.17, 15) is 8.42 Å². The zero-order chi connectivity index (χ0) is 10.8. The van der Waals surface area contributed by atoms with Crippen LogP contribution in [0.1, 0.15) is 6.92 Å². The van der Waals surface area contributed by atoms with Gasteiger partial charge in [0.05, 0.1) is 6.20 Å². The largest absolute Gasteiger partial charge is 0.330 e. The van der Waals surface area contributed by atoms with Gasteiger partial charge in [0.25, 0.3) is 0 Å². The smallest absolute Gasteiger partial charge is 0.178 e. The Morgan fingerprint density at radius 1 is 1.64 bits per heavy atom. The predicted molar refractivity (Wildman–Crippen MR) is 53.6 cm³/mol. The molecule has 2 N–H and O–H groups in total. The minimum atomic E-state index is -3.14. The second kappa shape index (κ2) is 4.10. The monoisotopic (exact) mass is 217 g/mol. The fraction of sp³-hybridized carbons (Fsp3) is 0.625. The minimum Gasteiger partial charge on any atom is -0.330 e. The molecule has 1 aromatic rings. The van der Waals surface area contributed by atoms with Crippen molar-refractivity contribution < 1.29 is 8.42 Å². The number of sulfone groups is 1. The molecule has 1 heterocycles. The number of hydrogen-bond acceptors (Lipinski definition) is 4. The number of nitrogens with two attached hydrogens (primary N) is 1. The zero-order valence-electron chi connectivity index (χ0n) is 8.34. The molecular formula is C8H15N3O2S. The second-order valence-electron chi connectivity index (χ2n) is 3.51. The lowest BCUT2D eigenvalue weighted by Gasteiger charge is -2.07. The summed E-state index contributed by atoms with van der Waals surface area (Å²) in [7, 11) is -3.14. The highest BCUT2D eigenvalue weighted by Gasteiger charge is 2.10. The molecule has 1 rings (SSSR count). The van der Waals surface area contributed by atoms with Crippen LogP contribution in [0.15, 0.2) is 17.3 Å². The number of nitrogens with zero attached hydrogens (tertiary/aromatic N) is 2. The Labute approximate surface area is 83.8 Å². The van der Waals surface area contributed by atoms with Crippen LogP contribution in [0, 0.1) is 5.92 Å². The van der Waals surface area contributed by atoms with Crippen LogP contribution in [0.4, 0.5) is 0 Å². The molecule has 0 aliphatic carbocycles. The summed E-state index contributed by atoms with van der Waals surface area (Å²) in [6.07, 6.45) is 4.06. The first-order valence-electron chi connectivity index (χ1n) is 4.36. The second-order valence-corrected chi connectivity index (χ2v) is 5.53. The van der Waals surface area contributed by atoms with Crippen molar-refractivity contribution in [2.45, 2.75) is 18.4 Å². The SMILES string of the molecule is CC(CN)Cn1cc(S(C)(=O)=O)cn1. The van der Waals surface area contributed by atoms with E-state index in [-0.39, 0.29) is 4.90 Å². The molecule has 1 unspecified atom stereocenters. The predicted octanol–water partition coefficient (Wildman–Crippen LogP) is -0.119. The number of aromatic nitrogens is 2. The molecule has 6 heteroatoms. The Morgan fingerprint density at radius 2 is 2.29 bits per heavy atom. The fourth-order valence-corrected chi connectivity index (χ4v) is 1.58. The van der Waals surface area contributed by atoms with E-state index in [0.717, 1.165) is 0 Å². The topological polar surface area (TPSA) is 78.0 Å². The highest BCUT2D eigenvalue weighted by atomic mass is 32.2. The van der Waals surface area contributed by atoms with Crippen molar-refractivity contribution in [1.82, 2.24) is 9.78 Å². The molecule has 5 nitrogen and oxygen atoms in total. The molecule has 0 spiro atoms. The quantitative estimate of drug-likeness (QED) is 0.762. The van der Waals surface area contributed by atoms with Crippen LogP contribution in [0.2, 0.25) is 0 Å². The van der Waals surface area contributed by atoms with Crippen LogP contribution in [0.25, 0.3) is 0 Å². The van der Waals surface area contributed by atoms with Crippen molar-refractivity contribution in [2.75, 3.05) is 12.8 Å². The Bertz CT molecular complexity index is 396. The van der Waals surface area contributed by atoms with Crippen LogP contribution in [0.3, 0.4) is 0 Å². The summed E-state index contributed by atoms with van der Waals surface area (Å²) in [6, 6.07) is 0. The Kier molecular flexibility index (Phi) is 3.28. The molecule has 80 valence electrons. The Morgan fingerprint density at radius 3 is 2.71 bits per heavy atom. The van der Waals surface area contributed by atoms with E-state index in [0.29, 0.717) is 19.0 Å². The lowest BCUT2D eigenvalue weighted by Crippen LogP contribution is -2.17. The summed E-state index contributed by atoms with van der Waals surface area (Å²) in [5.74, 6) is 0.294. The van der Waals surface area contributed by atoms with Gasteiger partial charge in [0.1, 0.15) is 4.90 Å². The van der Waals surface area contributed by atoms with Crippen molar-refractivity contribution in [1.29, 1.82) is 0 Å². The van der Waals surface area contributed by atoms with Gasteiger partial charge in [-0.1, -0.05) is 6.92 Å². The highest BCUT2D eigenvalue weighted by Crippen LogP contribution is 2.07. The molecular weight excluding hydrogens is 202 g/mol. The maximum absolute atomic E-state index is 11.1. The maximum atomic E-state index is 11.1. The standard InChI is InChI=1S/C8H15N3O2S/c1-7(3-9)5-11-6-8(4-10-11)14(2,12)13/h4,6-7H,3,5,9H2,1-2H3. The van der Waals surface area contributed by atoms with Crippen LogP contribution < -0.4 is 5.73 Å². The molecule has 0 aliphatic rings. The van der Waals surface area contributed by atoms with E-state index in [1.54, 1.807) is 4.68 Å². The summed E-state index contributed by atoms with van der Waals surface area (Å²) in [5, 5.41) is 3.95. The number of rotatable bonds is 4. The molecule has 1 atom stereocenters. The molecule has 0 fully saturated rings. The fourth-order valence-electron chi connectivity index (χ4n) is 1.03.